The molecule has 0 unspecified atom stereocenters. The standard InChI is InChI=1S/C21H25N3O3/c25-19(24-18-8-12-22-13-9-18)21(15-23-20(26)27)10-6-17(7-11-21)14-16-4-2-1-3-5-16/h1-5,8-9,12-13,17,23H,6-7,10-11,14-15H2,(H,26,27)(H,22,24,25). The highest BCUT2D eigenvalue weighted by atomic mass is 16.4. The number of nitrogens with one attached hydrogen (secondary N) is 2. The number of carbonyl (C=O) groups excluding carboxylic acids is 1. The maximum atomic E-state index is 13.0. The molecule has 6 nitrogen and oxygen atoms in total. The predicted molar refractivity (Wildman–Crippen MR) is 103 cm³/mol. The molecular weight excluding hydrogens is 342 g/mol. The Balaban J connectivity index is 1.67. The Hall–Kier alpha value is -2.89. The van der Waals surface area contributed by atoms with Gasteiger partial charge in [0.2, 0.25) is 5.91 Å². The van der Waals surface area contributed by atoms with Crippen LogP contribution in [0, 0.1) is 11.3 Å². The van der Waals surface area contributed by atoms with Crippen LogP contribution in [0.3, 0.4) is 0 Å². The molecule has 1 aromatic carbocycles. The number of hydrogen-bond acceptors (Lipinski definition) is 3. The second kappa shape index (κ2) is 8.66. The molecule has 27 heavy (non-hydrogen) atoms. The Morgan fingerprint density at radius 2 is 1.74 bits per heavy atom. The number of pyridine rings is 1. The van der Waals surface area contributed by atoms with Gasteiger partial charge < -0.3 is 15.7 Å². The molecule has 1 fully saturated rings. The van der Waals surface area contributed by atoms with Crippen LogP contribution in [0.4, 0.5) is 10.5 Å². The fraction of sp³-hybridized carbons (Fsp3) is 0.381. The zero-order chi connectivity index (χ0) is 19.1. The summed E-state index contributed by atoms with van der Waals surface area (Å²) in [5.74, 6) is 0.389. The second-order valence-corrected chi connectivity index (χ2v) is 7.26. The molecule has 3 N–H and O–H groups in total. The number of anilines is 1. The topological polar surface area (TPSA) is 91.3 Å². The molecule has 1 saturated carbocycles. The summed E-state index contributed by atoms with van der Waals surface area (Å²) in [6, 6.07) is 13.8. The number of rotatable bonds is 6. The van der Waals surface area contributed by atoms with E-state index in [9.17, 15) is 9.59 Å². The summed E-state index contributed by atoms with van der Waals surface area (Å²) in [5.41, 5.74) is 1.27. The third kappa shape index (κ3) is 5.06. The molecule has 142 valence electrons. The molecule has 1 aliphatic rings. The van der Waals surface area contributed by atoms with Crippen molar-refractivity contribution in [2.24, 2.45) is 11.3 Å². The van der Waals surface area contributed by atoms with E-state index in [1.807, 2.05) is 18.2 Å². The Bertz CT molecular complexity index is 757. The van der Waals surface area contributed by atoms with Crippen molar-refractivity contribution < 1.29 is 14.7 Å². The highest BCUT2D eigenvalue weighted by molar-refractivity contribution is 5.95. The molecule has 0 aliphatic heterocycles. The van der Waals surface area contributed by atoms with Gasteiger partial charge in [-0.05, 0) is 55.7 Å². The zero-order valence-corrected chi connectivity index (χ0v) is 15.2. The van der Waals surface area contributed by atoms with Crippen molar-refractivity contribution in [3.8, 4) is 0 Å². The van der Waals surface area contributed by atoms with E-state index in [2.05, 4.69) is 27.8 Å². The number of nitrogens with zero attached hydrogens (tertiary/aromatic N) is 1. The van der Waals surface area contributed by atoms with E-state index in [1.165, 1.54) is 5.56 Å². The number of carboxylic acid groups (broad SMARTS) is 1. The van der Waals surface area contributed by atoms with Crippen molar-refractivity contribution in [1.82, 2.24) is 10.3 Å². The fourth-order valence-corrected chi connectivity index (χ4v) is 3.81. The molecule has 2 amide bonds. The van der Waals surface area contributed by atoms with Gasteiger partial charge in [0, 0.05) is 24.6 Å². The molecule has 6 heteroatoms. The van der Waals surface area contributed by atoms with E-state index in [0.717, 1.165) is 19.3 Å². The van der Waals surface area contributed by atoms with E-state index in [0.29, 0.717) is 24.4 Å². The minimum atomic E-state index is -1.10. The lowest BCUT2D eigenvalue weighted by molar-refractivity contribution is -0.127. The van der Waals surface area contributed by atoms with Crippen LogP contribution in [0.15, 0.2) is 54.9 Å². The molecule has 1 heterocycles. The smallest absolute Gasteiger partial charge is 0.404 e. The summed E-state index contributed by atoms with van der Waals surface area (Å²) in [6.45, 7) is 0.136. The summed E-state index contributed by atoms with van der Waals surface area (Å²) in [6.07, 6.45) is 6.28. The quantitative estimate of drug-likeness (QED) is 0.726. The summed E-state index contributed by atoms with van der Waals surface area (Å²) < 4.78 is 0. The molecule has 1 aliphatic carbocycles. The van der Waals surface area contributed by atoms with Gasteiger partial charge in [0.05, 0.1) is 5.41 Å². The fourth-order valence-electron chi connectivity index (χ4n) is 3.81. The van der Waals surface area contributed by atoms with Gasteiger partial charge in [-0.15, -0.1) is 0 Å². The molecule has 1 aromatic heterocycles. The average Bonchev–Trinajstić information content (AvgIpc) is 2.69. The van der Waals surface area contributed by atoms with Gasteiger partial charge in [-0.1, -0.05) is 30.3 Å². The van der Waals surface area contributed by atoms with Crippen molar-refractivity contribution in [2.75, 3.05) is 11.9 Å². The highest BCUT2D eigenvalue weighted by Crippen LogP contribution is 2.40. The first kappa shape index (κ1) is 18.9. The van der Waals surface area contributed by atoms with Gasteiger partial charge in [-0.2, -0.15) is 0 Å². The molecule has 0 radical (unpaired) electrons. The first-order valence-electron chi connectivity index (χ1n) is 9.30. The van der Waals surface area contributed by atoms with Crippen LogP contribution in [-0.2, 0) is 11.2 Å². The van der Waals surface area contributed by atoms with E-state index in [4.69, 9.17) is 5.11 Å². The van der Waals surface area contributed by atoms with E-state index >= 15 is 0 Å². The first-order valence-corrected chi connectivity index (χ1v) is 9.30. The minimum absolute atomic E-state index is 0.124. The highest BCUT2D eigenvalue weighted by Gasteiger charge is 2.42. The number of benzene rings is 1. The van der Waals surface area contributed by atoms with E-state index in [-0.39, 0.29) is 12.5 Å². The normalized spacial score (nSPS) is 22.0. The van der Waals surface area contributed by atoms with Gasteiger partial charge in [0.15, 0.2) is 0 Å². The monoisotopic (exact) mass is 367 g/mol. The van der Waals surface area contributed by atoms with Crippen molar-refractivity contribution >= 4 is 17.7 Å². The molecule has 2 aromatic rings. The van der Waals surface area contributed by atoms with Crippen molar-refractivity contribution in [3.05, 3.63) is 60.4 Å². The van der Waals surface area contributed by atoms with Gasteiger partial charge in [-0.25, -0.2) is 4.79 Å². The van der Waals surface area contributed by atoms with Gasteiger partial charge >= 0.3 is 6.09 Å². The van der Waals surface area contributed by atoms with Crippen LogP contribution in [0.2, 0.25) is 0 Å². The van der Waals surface area contributed by atoms with Gasteiger partial charge in [0.1, 0.15) is 0 Å². The Morgan fingerprint density at radius 1 is 1.07 bits per heavy atom. The van der Waals surface area contributed by atoms with Crippen LogP contribution in [0.5, 0.6) is 0 Å². The summed E-state index contributed by atoms with van der Waals surface area (Å²) in [7, 11) is 0. The lowest BCUT2D eigenvalue weighted by atomic mass is 9.68. The molecule has 0 saturated heterocycles. The third-order valence-corrected chi connectivity index (χ3v) is 5.43. The van der Waals surface area contributed by atoms with Gasteiger partial charge in [0.25, 0.3) is 0 Å². The maximum absolute atomic E-state index is 13.0. The number of hydrogen-bond donors (Lipinski definition) is 3. The molecule has 0 atom stereocenters. The van der Waals surface area contributed by atoms with Crippen molar-refractivity contribution in [2.45, 2.75) is 32.1 Å². The molecule has 0 bridgehead atoms. The first-order chi connectivity index (χ1) is 13.1. The van der Waals surface area contributed by atoms with Crippen LogP contribution in [-0.4, -0.2) is 28.6 Å². The Morgan fingerprint density at radius 3 is 2.37 bits per heavy atom. The Kier molecular flexibility index (Phi) is 6.06. The van der Waals surface area contributed by atoms with Crippen LogP contribution in [0.25, 0.3) is 0 Å². The minimum Gasteiger partial charge on any atom is -0.465 e. The lowest BCUT2D eigenvalue weighted by Gasteiger charge is -2.39. The Labute approximate surface area is 159 Å². The largest absolute Gasteiger partial charge is 0.465 e. The zero-order valence-electron chi connectivity index (χ0n) is 15.2. The predicted octanol–water partition coefficient (Wildman–Crippen LogP) is 3.71. The number of carbonyl (C=O) groups is 2. The molecule has 3 rings (SSSR count). The summed E-state index contributed by atoms with van der Waals surface area (Å²) >= 11 is 0. The van der Waals surface area contributed by atoms with Crippen LogP contribution in [0.1, 0.15) is 31.2 Å². The maximum Gasteiger partial charge on any atom is 0.404 e. The summed E-state index contributed by atoms with van der Waals surface area (Å²) in [4.78, 5) is 28.0. The number of amides is 2. The average molecular weight is 367 g/mol. The van der Waals surface area contributed by atoms with E-state index in [1.54, 1.807) is 24.5 Å². The third-order valence-electron chi connectivity index (χ3n) is 5.43. The van der Waals surface area contributed by atoms with Gasteiger partial charge in [-0.3, -0.25) is 9.78 Å². The van der Waals surface area contributed by atoms with E-state index < -0.39 is 11.5 Å². The SMILES string of the molecule is O=C(O)NCC1(C(=O)Nc2ccncc2)CCC(Cc2ccccc2)CC1. The van der Waals surface area contributed by atoms with Crippen LogP contribution >= 0.6 is 0 Å². The molecule has 0 spiro atoms. The molecular formula is C21H25N3O3. The van der Waals surface area contributed by atoms with Crippen molar-refractivity contribution in [1.29, 1.82) is 0 Å². The van der Waals surface area contributed by atoms with Crippen LogP contribution < -0.4 is 10.6 Å². The number of aromatic nitrogens is 1. The van der Waals surface area contributed by atoms with Crippen molar-refractivity contribution in [3.63, 3.8) is 0 Å². The second-order valence-electron chi connectivity index (χ2n) is 7.26. The summed E-state index contributed by atoms with van der Waals surface area (Å²) in [5, 5.41) is 14.4. The lowest BCUT2D eigenvalue weighted by Crippen LogP contribution is -2.47.